The van der Waals surface area contributed by atoms with Crippen LogP contribution in [0.1, 0.15) is 28.9 Å². The van der Waals surface area contributed by atoms with Crippen molar-refractivity contribution < 1.29 is 19.6 Å². The summed E-state index contributed by atoms with van der Waals surface area (Å²) < 4.78 is 5.25. The van der Waals surface area contributed by atoms with Crippen LogP contribution in [0.3, 0.4) is 0 Å². The van der Waals surface area contributed by atoms with E-state index in [-0.39, 0.29) is 17.9 Å². The Morgan fingerprint density at radius 1 is 0.900 bits per heavy atom. The highest BCUT2D eigenvalue weighted by molar-refractivity contribution is 6.05. The van der Waals surface area contributed by atoms with Crippen LogP contribution >= 0.6 is 0 Å². The standard InChI is InChI=1S/C24H25N3O3/c1-17(18-8-4-3-5-9-18)25-16-23(28)26-20-14-12-19(13-15-20)24(29)27-21-10-6-7-11-22(21)30-2/h3-15,17,25H,16H2,1-2H3,(H,26,28)(H,27,29)/p+1/t17-/m1/s1. The summed E-state index contributed by atoms with van der Waals surface area (Å²) in [5.74, 6) is 0.252. The van der Waals surface area contributed by atoms with E-state index in [4.69, 9.17) is 4.74 Å². The number of methoxy groups -OCH3 is 1. The van der Waals surface area contributed by atoms with Crippen LogP contribution in [-0.4, -0.2) is 25.5 Å². The number of amides is 2. The van der Waals surface area contributed by atoms with Crippen LogP contribution in [0.4, 0.5) is 11.4 Å². The molecule has 0 heterocycles. The average Bonchev–Trinajstić information content (AvgIpc) is 2.79. The molecule has 0 unspecified atom stereocenters. The Morgan fingerprint density at radius 3 is 2.27 bits per heavy atom. The van der Waals surface area contributed by atoms with Gasteiger partial charge in [0.15, 0.2) is 6.54 Å². The Balaban J connectivity index is 1.52. The number of para-hydroxylation sites is 2. The fourth-order valence-electron chi connectivity index (χ4n) is 3.04. The summed E-state index contributed by atoms with van der Waals surface area (Å²) in [6.45, 7) is 2.38. The first-order valence-corrected chi connectivity index (χ1v) is 9.79. The van der Waals surface area contributed by atoms with Crippen molar-refractivity contribution in [2.75, 3.05) is 24.3 Å². The van der Waals surface area contributed by atoms with E-state index in [1.165, 1.54) is 5.56 Å². The highest BCUT2D eigenvalue weighted by Gasteiger charge is 2.12. The van der Waals surface area contributed by atoms with E-state index in [1.807, 2.05) is 47.8 Å². The fraction of sp³-hybridized carbons (Fsp3) is 0.167. The second-order valence-electron chi connectivity index (χ2n) is 6.92. The lowest BCUT2D eigenvalue weighted by atomic mass is 10.1. The third kappa shape index (κ3) is 5.68. The van der Waals surface area contributed by atoms with E-state index in [2.05, 4.69) is 17.6 Å². The number of nitrogens with two attached hydrogens (primary N) is 1. The van der Waals surface area contributed by atoms with Crippen molar-refractivity contribution in [2.24, 2.45) is 0 Å². The molecule has 4 N–H and O–H groups in total. The van der Waals surface area contributed by atoms with Gasteiger partial charge in [-0.15, -0.1) is 0 Å². The maximum absolute atomic E-state index is 12.5. The Labute approximate surface area is 176 Å². The van der Waals surface area contributed by atoms with Gasteiger partial charge in [-0.1, -0.05) is 42.5 Å². The molecule has 0 radical (unpaired) electrons. The molecule has 3 aromatic carbocycles. The third-order valence-electron chi connectivity index (χ3n) is 4.77. The van der Waals surface area contributed by atoms with Crippen LogP contribution < -0.4 is 20.7 Å². The van der Waals surface area contributed by atoms with Gasteiger partial charge >= 0.3 is 0 Å². The molecule has 30 heavy (non-hydrogen) atoms. The van der Waals surface area contributed by atoms with Gasteiger partial charge in [-0.05, 0) is 43.3 Å². The van der Waals surface area contributed by atoms with Gasteiger partial charge < -0.3 is 20.7 Å². The average molecular weight is 404 g/mol. The number of benzene rings is 3. The molecule has 3 aromatic rings. The molecule has 0 fully saturated rings. The largest absolute Gasteiger partial charge is 0.495 e. The van der Waals surface area contributed by atoms with Crippen LogP contribution in [0.2, 0.25) is 0 Å². The van der Waals surface area contributed by atoms with E-state index >= 15 is 0 Å². The van der Waals surface area contributed by atoms with Crippen molar-refractivity contribution in [1.82, 2.24) is 0 Å². The number of ether oxygens (including phenoxy) is 1. The van der Waals surface area contributed by atoms with Crippen molar-refractivity contribution in [3.8, 4) is 5.75 Å². The number of hydrogen-bond acceptors (Lipinski definition) is 3. The second kappa shape index (κ2) is 10.2. The molecule has 154 valence electrons. The second-order valence-corrected chi connectivity index (χ2v) is 6.92. The summed E-state index contributed by atoms with van der Waals surface area (Å²) in [7, 11) is 1.56. The molecule has 0 saturated heterocycles. The van der Waals surface area contributed by atoms with Gasteiger partial charge in [0.25, 0.3) is 11.8 Å². The first-order chi connectivity index (χ1) is 14.6. The molecule has 0 bridgehead atoms. The fourth-order valence-corrected chi connectivity index (χ4v) is 3.04. The highest BCUT2D eigenvalue weighted by atomic mass is 16.5. The molecular weight excluding hydrogens is 378 g/mol. The van der Waals surface area contributed by atoms with Crippen molar-refractivity contribution in [3.63, 3.8) is 0 Å². The first kappa shape index (κ1) is 21.1. The summed E-state index contributed by atoms with van der Waals surface area (Å²) in [6, 6.07) is 24.3. The van der Waals surface area contributed by atoms with Crippen molar-refractivity contribution in [1.29, 1.82) is 0 Å². The summed E-state index contributed by atoms with van der Waals surface area (Å²) in [6.07, 6.45) is 0. The number of nitrogens with one attached hydrogen (secondary N) is 2. The molecule has 6 nitrogen and oxygen atoms in total. The lowest BCUT2D eigenvalue weighted by molar-refractivity contribution is -0.682. The van der Waals surface area contributed by atoms with Gasteiger partial charge in [0.2, 0.25) is 0 Å². The summed E-state index contributed by atoms with van der Waals surface area (Å²) in [5.41, 5.74) is 2.92. The predicted octanol–water partition coefficient (Wildman–Crippen LogP) is 3.21. The van der Waals surface area contributed by atoms with E-state index in [0.29, 0.717) is 29.2 Å². The minimum Gasteiger partial charge on any atom is -0.495 e. The van der Waals surface area contributed by atoms with E-state index in [9.17, 15) is 9.59 Å². The van der Waals surface area contributed by atoms with E-state index in [1.54, 1.807) is 43.5 Å². The number of anilines is 2. The number of rotatable bonds is 8. The lowest BCUT2D eigenvalue weighted by Gasteiger charge is -2.12. The van der Waals surface area contributed by atoms with E-state index < -0.39 is 0 Å². The smallest absolute Gasteiger partial charge is 0.279 e. The lowest BCUT2D eigenvalue weighted by Crippen LogP contribution is -2.86. The third-order valence-corrected chi connectivity index (χ3v) is 4.77. The minimum atomic E-state index is -0.248. The minimum absolute atomic E-state index is 0.0935. The highest BCUT2D eigenvalue weighted by Crippen LogP contribution is 2.23. The molecule has 0 aliphatic carbocycles. The summed E-state index contributed by atoms with van der Waals surface area (Å²) in [5, 5.41) is 7.68. The van der Waals surface area contributed by atoms with Crippen molar-refractivity contribution >= 4 is 23.2 Å². The Hall–Kier alpha value is -3.64. The molecule has 0 aliphatic rings. The molecular formula is C24H26N3O3+. The quantitative estimate of drug-likeness (QED) is 0.539. The van der Waals surface area contributed by atoms with Crippen LogP contribution in [0.15, 0.2) is 78.9 Å². The first-order valence-electron chi connectivity index (χ1n) is 9.79. The zero-order valence-electron chi connectivity index (χ0n) is 17.1. The maximum Gasteiger partial charge on any atom is 0.279 e. The van der Waals surface area contributed by atoms with Crippen molar-refractivity contribution in [2.45, 2.75) is 13.0 Å². The van der Waals surface area contributed by atoms with Gasteiger partial charge in [0.1, 0.15) is 11.8 Å². The Bertz CT molecular complexity index is 988. The topological polar surface area (TPSA) is 84.0 Å². The monoisotopic (exact) mass is 404 g/mol. The SMILES string of the molecule is COc1ccccc1NC(=O)c1ccc(NC(=O)C[NH2+][C@H](C)c2ccccc2)cc1. The molecule has 3 rings (SSSR count). The van der Waals surface area contributed by atoms with Gasteiger partial charge in [0, 0.05) is 16.8 Å². The van der Waals surface area contributed by atoms with Crippen molar-refractivity contribution in [3.05, 3.63) is 90.0 Å². The summed E-state index contributed by atoms with van der Waals surface area (Å²) in [4.78, 5) is 24.7. The number of quaternary nitrogens is 1. The van der Waals surface area contributed by atoms with Gasteiger partial charge in [0.05, 0.1) is 12.8 Å². The number of carbonyl (C=O) groups excluding carboxylic acids is 2. The molecule has 1 atom stereocenters. The van der Waals surface area contributed by atoms with Crippen LogP contribution in [0.5, 0.6) is 5.75 Å². The zero-order chi connectivity index (χ0) is 21.3. The molecule has 2 amide bonds. The number of carbonyl (C=O) groups is 2. The van der Waals surface area contributed by atoms with Gasteiger partial charge in [-0.3, -0.25) is 9.59 Å². The van der Waals surface area contributed by atoms with Crippen LogP contribution in [0, 0.1) is 0 Å². The predicted molar refractivity (Wildman–Crippen MR) is 118 cm³/mol. The van der Waals surface area contributed by atoms with Gasteiger partial charge in [-0.25, -0.2) is 0 Å². The Morgan fingerprint density at radius 2 is 1.57 bits per heavy atom. The van der Waals surface area contributed by atoms with Crippen LogP contribution in [0.25, 0.3) is 0 Å². The summed E-state index contributed by atoms with van der Waals surface area (Å²) >= 11 is 0. The molecule has 6 heteroatoms. The molecule has 0 saturated carbocycles. The zero-order valence-corrected chi connectivity index (χ0v) is 17.1. The molecule has 0 spiro atoms. The van der Waals surface area contributed by atoms with Crippen LogP contribution in [-0.2, 0) is 4.79 Å². The van der Waals surface area contributed by atoms with E-state index in [0.717, 1.165) is 0 Å². The molecule has 0 aromatic heterocycles. The number of hydrogen-bond donors (Lipinski definition) is 3. The Kier molecular flexibility index (Phi) is 7.19. The maximum atomic E-state index is 12.5. The van der Waals surface area contributed by atoms with Gasteiger partial charge in [-0.2, -0.15) is 0 Å². The normalized spacial score (nSPS) is 11.4. The molecule has 0 aliphatic heterocycles.